The Hall–Kier alpha value is -0.820. The third kappa shape index (κ3) is 4.32. The monoisotopic (exact) mass is 287 g/mol. The smallest absolute Gasteiger partial charge is 0.0166 e. The van der Waals surface area contributed by atoms with E-state index in [4.69, 9.17) is 0 Å². The van der Waals surface area contributed by atoms with Gasteiger partial charge in [0.05, 0.1) is 0 Å². The summed E-state index contributed by atoms with van der Waals surface area (Å²) in [6.07, 6.45) is 8.38. The van der Waals surface area contributed by atoms with Gasteiger partial charge >= 0.3 is 0 Å². The summed E-state index contributed by atoms with van der Waals surface area (Å²) in [5.74, 6) is 2.25. The van der Waals surface area contributed by atoms with Crippen LogP contribution in [0.15, 0.2) is 30.3 Å². The fraction of sp³-hybridized carbons (Fsp3) is 0.700. The minimum absolute atomic E-state index is 0.646. The Kier molecular flexibility index (Phi) is 6.76. The lowest BCUT2D eigenvalue weighted by atomic mass is 9.71. The largest absolute Gasteiger partial charge is 0.313 e. The van der Waals surface area contributed by atoms with Gasteiger partial charge in [0.1, 0.15) is 0 Å². The fourth-order valence-corrected chi connectivity index (χ4v) is 4.13. The number of nitrogens with one attached hydrogen (secondary N) is 1. The van der Waals surface area contributed by atoms with Crippen LogP contribution in [0, 0.1) is 11.8 Å². The molecule has 0 saturated heterocycles. The first-order valence-corrected chi connectivity index (χ1v) is 9.06. The van der Waals surface area contributed by atoms with Gasteiger partial charge in [0.25, 0.3) is 0 Å². The van der Waals surface area contributed by atoms with E-state index in [2.05, 4.69) is 56.4 Å². The van der Waals surface area contributed by atoms with E-state index in [0.717, 1.165) is 18.4 Å². The van der Waals surface area contributed by atoms with Crippen molar-refractivity contribution in [3.05, 3.63) is 35.9 Å². The van der Waals surface area contributed by atoms with Crippen LogP contribution in [0.5, 0.6) is 0 Å². The molecule has 0 heterocycles. The highest BCUT2D eigenvalue weighted by atomic mass is 14.9. The van der Waals surface area contributed by atoms with E-state index >= 15 is 0 Å². The van der Waals surface area contributed by atoms with Crippen molar-refractivity contribution < 1.29 is 0 Å². The highest BCUT2D eigenvalue weighted by molar-refractivity contribution is 5.22. The molecule has 0 spiro atoms. The Morgan fingerprint density at radius 2 is 1.71 bits per heavy atom. The van der Waals surface area contributed by atoms with Crippen molar-refractivity contribution in [2.75, 3.05) is 6.54 Å². The van der Waals surface area contributed by atoms with Crippen molar-refractivity contribution in [2.24, 2.45) is 11.8 Å². The van der Waals surface area contributed by atoms with Crippen LogP contribution in [0.4, 0.5) is 0 Å². The highest BCUT2D eigenvalue weighted by Crippen LogP contribution is 2.38. The van der Waals surface area contributed by atoms with E-state index in [-0.39, 0.29) is 0 Å². The molecule has 3 unspecified atom stereocenters. The number of benzene rings is 1. The minimum Gasteiger partial charge on any atom is -0.313 e. The Morgan fingerprint density at radius 3 is 2.29 bits per heavy atom. The third-order valence-corrected chi connectivity index (χ3v) is 5.43. The SMILES string of the molecule is CCNC(C1CCCCC1)C(c1ccccc1)C(C)CC. The third-order valence-electron chi connectivity index (χ3n) is 5.43. The lowest BCUT2D eigenvalue weighted by molar-refractivity contribution is 0.210. The first-order chi connectivity index (χ1) is 10.3. The molecule has 0 aromatic heterocycles. The van der Waals surface area contributed by atoms with Crippen molar-refractivity contribution in [1.82, 2.24) is 5.32 Å². The summed E-state index contributed by atoms with van der Waals surface area (Å²) in [6.45, 7) is 8.12. The summed E-state index contributed by atoms with van der Waals surface area (Å²) in [6, 6.07) is 11.9. The van der Waals surface area contributed by atoms with Gasteiger partial charge in [-0.25, -0.2) is 0 Å². The predicted octanol–water partition coefficient (Wildman–Crippen LogP) is 5.37. The standard InChI is InChI=1S/C20H33N/c1-4-16(3)19(17-12-8-6-9-13-17)20(21-5-2)18-14-10-7-11-15-18/h6,8-9,12-13,16,18-21H,4-5,7,10-11,14-15H2,1-3H3. The van der Waals surface area contributed by atoms with Crippen LogP contribution >= 0.6 is 0 Å². The molecular formula is C20H33N. The summed E-state index contributed by atoms with van der Waals surface area (Å²) in [5, 5.41) is 3.87. The van der Waals surface area contributed by atoms with E-state index in [1.54, 1.807) is 0 Å². The molecule has 1 N–H and O–H groups in total. The maximum atomic E-state index is 3.87. The molecule has 118 valence electrons. The molecule has 1 aromatic rings. The lowest BCUT2D eigenvalue weighted by Gasteiger charge is -2.39. The first-order valence-electron chi connectivity index (χ1n) is 9.06. The molecule has 1 saturated carbocycles. The molecule has 0 aliphatic heterocycles. The Morgan fingerprint density at radius 1 is 1.05 bits per heavy atom. The zero-order chi connectivity index (χ0) is 15.1. The van der Waals surface area contributed by atoms with Gasteiger partial charge in [-0.1, -0.05) is 76.8 Å². The molecule has 1 aliphatic rings. The van der Waals surface area contributed by atoms with E-state index < -0.39 is 0 Å². The zero-order valence-corrected chi connectivity index (χ0v) is 14.1. The second-order valence-corrected chi connectivity index (χ2v) is 6.80. The molecule has 0 bridgehead atoms. The zero-order valence-electron chi connectivity index (χ0n) is 14.1. The van der Waals surface area contributed by atoms with Gasteiger partial charge < -0.3 is 5.32 Å². The van der Waals surface area contributed by atoms with Gasteiger partial charge in [-0.2, -0.15) is 0 Å². The van der Waals surface area contributed by atoms with E-state index in [0.29, 0.717) is 12.0 Å². The number of hydrogen-bond donors (Lipinski definition) is 1. The minimum atomic E-state index is 0.646. The van der Waals surface area contributed by atoms with Crippen molar-refractivity contribution in [1.29, 1.82) is 0 Å². The molecule has 2 rings (SSSR count). The predicted molar refractivity (Wildman–Crippen MR) is 92.7 cm³/mol. The fourth-order valence-electron chi connectivity index (χ4n) is 4.13. The second kappa shape index (κ2) is 8.58. The topological polar surface area (TPSA) is 12.0 Å². The van der Waals surface area contributed by atoms with Gasteiger partial charge in [0.2, 0.25) is 0 Å². The van der Waals surface area contributed by atoms with Crippen LogP contribution in [-0.4, -0.2) is 12.6 Å². The summed E-state index contributed by atoms with van der Waals surface area (Å²) in [7, 11) is 0. The summed E-state index contributed by atoms with van der Waals surface area (Å²) < 4.78 is 0. The Bertz CT molecular complexity index is 380. The average molecular weight is 287 g/mol. The first kappa shape index (κ1) is 16.5. The molecule has 1 aliphatic carbocycles. The molecule has 3 atom stereocenters. The molecule has 21 heavy (non-hydrogen) atoms. The normalized spacial score (nSPS) is 20.9. The van der Waals surface area contributed by atoms with Crippen molar-refractivity contribution in [3.63, 3.8) is 0 Å². The van der Waals surface area contributed by atoms with Gasteiger partial charge in [-0.05, 0) is 36.8 Å². The quantitative estimate of drug-likeness (QED) is 0.710. The number of likely N-dealkylation sites (N-methyl/N-ethyl adjacent to an activating group) is 1. The van der Waals surface area contributed by atoms with Gasteiger partial charge in [-0.15, -0.1) is 0 Å². The van der Waals surface area contributed by atoms with Crippen LogP contribution in [0.25, 0.3) is 0 Å². The van der Waals surface area contributed by atoms with Crippen LogP contribution in [-0.2, 0) is 0 Å². The number of hydrogen-bond acceptors (Lipinski definition) is 1. The van der Waals surface area contributed by atoms with E-state index in [9.17, 15) is 0 Å². The molecule has 0 amide bonds. The van der Waals surface area contributed by atoms with Crippen molar-refractivity contribution in [3.8, 4) is 0 Å². The lowest BCUT2D eigenvalue weighted by Crippen LogP contribution is -2.44. The molecule has 1 fully saturated rings. The summed E-state index contributed by atoms with van der Waals surface area (Å²) in [5.41, 5.74) is 1.53. The van der Waals surface area contributed by atoms with Crippen LogP contribution in [0.2, 0.25) is 0 Å². The summed E-state index contributed by atoms with van der Waals surface area (Å²) in [4.78, 5) is 0. The van der Waals surface area contributed by atoms with Crippen LogP contribution in [0.1, 0.15) is 70.8 Å². The molecular weight excluding hydrogens is 254 g/mol. The number of rotatable bonds is 7. The molecule has 1 aromatic carbocycles. The second-order valence-electron chi connectivity index (χ2n) is 6.80. The molecule has 1 heteroatoms. The summed E-state index contributed by atoms with van der Waals surface area (Å²) >= 11 is 0. The van der Waals surface area contributed by atoms with Crippen molar-refractivity contribution in [2.45, 2.75) is 71.3 Å². The Balaban J connectivity index is 2.25. The van der Waals surface area contributed by atoms with Gasteiger partial charge in [0, 0.05) is 12.0 Å². The van der Waals surface area contributed by atoms with E-state index in [1.807, 2.05) is 0 Å². The highest BCUT2D eigenvalue weighted by Gasteiger charge is 2.33. The molecule has 1 nitrogen and oxygen atoms in total. The van der Waals surface area contributed by atoms with E-state index in [1.165, 1.54) is 44.1 Å². The molecule has 0 radical (unpaired) electrons. The van der Waals surface area contributed by atoms with Crippen molar-refractivity contribution >= 4 is 0 Å². The van der Waals surface area contributed by atoms with Gasteiger partial charge in [-0.3, -0.25) is 0 Å². The maximum absolute atomic E-state index is 3.87. The average Bonchev–Trinajstić information content (AvgIpc) is 2.56. The Labute approximate surface area is 131 Å². The maximum Gasteiger partial charge on any atom is 0.0166 e. The van der Waals surface area contributed by atoms with Gasteiger partial charge in [0.15, 0.2) is 0 Å². The van der Waals surface area contributed by atoms with Crippen LogP contribution in [0.3, 0.4) is 0 Å². The van der Waals surface area contributed by atoms with Crippen LogP contribution < -0.4 is 5.32 Å².